The van der Waals surface area contributed by atoms with E-state index in [9.17, 15) is 9.59 Å². The van der Waals surface area contributed by atoms with Gasteiger partial charge in [0, 0.05) is 20.1 Å². The van der Waals surface area contributed by atoms with E-state index in [0.717, 1.165) is 18.8 Å². The van der Waals surface area contributed by atoms with Gasteiger partial charge in [-0.3, -0.25) is 14.7 Å². The van der Waals surface area contributed by atoms with Crippen LogP contribution in [0, 0.1) is 5.92 Å². The summed E-state index contributed by atoms with van der Waals surface area (Å²) in [6, 6.07) is 10.0. The number of urea groups is 1. The van der Waals surface area contributed by atoms with Gasteiger partial charge in [0.1, 0.15) is 6.67 Å². The van der Waals surface area contributed by atoms with Gasteiger partial charge in [0.05, 0.1) is 7.05 Å². The third-order valence-corrected chi connectivity index (χ3v) is 4.38. The van der Waals surface area contributed by atoms with Gasteiger partial charge in [-0.05, 0) is 12.0 Å². The van der Waals surface area contributed by atoms with Crippen LogP contribution in [0.4, 0.5) is 4.79 Å². The molecule has 6 nitrogen and oxygen atoms in total. The molecule has 6 heteroatoms. The van der Waals surface area contributed by atoms with Crippen molar-refractivity contribution in [2.75, 3.05) is 33.9 Å². The highest BCUT2D eigenvalue weighted by Gasteiger charge is 2.48. The first-order valence-electron chi connectivity index (χ1n) is 7.50. The lowest BCUT2D eigenvalue weighted by molar-refractivity contribution is -0.498. The number of rotatable bonds is 3. The molecule has 1 aromatic rings. The molecule has 1 saturated heterocycles. The van der Waals surface area contributed by atoms with Crippen molar-refractivity contribution in [2.45, 2.75) is 6.42 Å². The van der Waals surface area contributed by atoms with Crippen molar-refractivity contribution in [2.24, 2.45) is 5.92 Å². The fourth-order valence-electron chi connectivity index (χ4n) is 3.03. The number of imide groups is 1. The molecule has 1 unspecified atom stereocenters. The fraction of sp³-hybridized carbons (Fsp3) is 0.438. The minimum absolute atomic E-state index is 0.130. The maximum Gasteiger partial charge on any atom is 0.417 e. The molecule has 22 heavy (non-hydrogen) atoms. The average molecular weight is 301 g/mol. The SMILES string of the molecule is CN1C(=O)C2CN(CCc3ccccc3)C[NH+]=C2N(C)C1=O. The minimum Gasteiger partial charge on any atom is -0.273 e. The molecule has 0 spiro atoms. The van der Waals surface area contributed by atoms with Crippen LogP contribution in [0.5, 0.6) is 0 Å². The molecular formula is C16H21N4O2+. The van der Waals surface area contributed by atoms with E-state index in [-0.39, 0.29) is 17.9 Å². The zero-order valence-electron chi connectivity index (χ0n) is 13.0. The Labute approximate surface area is 130 Å². The number of amides is 3. The van der Waals surface area contributed by atoms with Crippen molar-refractivity contribution >= 4 is 17.8 Å². The van der Waals surface area contributed by atoms with Gasteiger partial charge in [0.15, 0.2) is 5.92 Å². The molecule has 0 saturated carbocycles. The topological polar surface area (TPSA) is 57.8 Å². The Balaban J connectivity index is 1.68. The van der Waals surface area contributed by atoms with Gasteiger partial charge in [-0.2, -0.15) is 4.90 Å². The van der Waals surface area contributed by atoms with Crippen molar-refractivity contribution in [3.63, 3.8) is 0 Å². The summed E-state index contributed by atoms with van der Waals surface area (Å²) in [5, 5.41) is 0. The zero-order chi connectivity index (χ0) is 15.7. The summed E-state index contributed by atoms with van der Waals surface area (Å²) in [4.78, 5) is 32.5. The Morgan fingerprint density at radius 3 is 2.59 bits per heavy atom. The van der Waals surface area contributed by atoms with Gasteiger partial charge < -0.3 is 0 Å². The van der Waals surface area contributed by atoms with Crippen LogP contribution in [0.3, 0.4) is 0 Å². The van der Waals surface area contributed by atoms with E-state index in [4.69, 9.17) is 0 Å². The Kier molecular flexibility index (Phi) is 3.94. The monoisotopic (exact) mass is 301 g/mol. The summed E-state index contributed by atoms with van der Waals surface area (Å²) in [6.45, 7) is 2.19. The fourth-order valence-corrected chi connectivity index (χ4v) is 3.03. The summed E-state index contributed by atoms with van der Waals surface area (Å²) < 4.78 is 0. The predicted molar refractivity (Wildman–Crippen MR) is 82.0 cm³/mol. The lowest BCUT2D eigenvalue weighted by atomic mass is 10.0. The Morgan fingerprint density at radius 2 is 1.86 bits per heavy atom. The number of nitrogens with zero attached hydrogens (tertiary/aromatic N) is 3. The van der Waals surface area contributed by atoms with Gasteiger partial charge in [-0.25, -0.2) is 9.69 Å². The lowest BCUT2D eigenvalue weighted by Crippen LogP contribution is -2.87. The minimum atomic E-state index is -0.280. The van der Waals surface area contributed by atoms with Crippen LogP contribution in [0.15, 0.2) is 30.3 Å². The van der Waals surface area contributed by atoms with Crippen LogP contribution in [0.25, 0.3) is 0 Å². The molecule has 0 aliphatic carbocycles. The maximum absolute atomic E-state index is 12.3. The highest BCUT2D eigenvalue weighted by atomic mass is 16.2. The third kappa shape index (κ3) is 2.62. The standard InChI is InChI=1S/C16H20N4O2/c1-18-14-13(15(21)19(2)16(18)22)10-20(11-17-14)9-8-12-6-4-3-5-7-12/h3-7,13H,8-11H2,1-2H3/p+1. The second-order valence-electron chi connectivity index (χ2n) is 5.82. The van der Waals surface area contributed by atoms with Crippen LogP contribution < -0.4 is 4.99 Å². The lowest BCUT2D eigenvalue weighted by Gasteiger charge is -2.35. The Hall–Kier alpha value is -2.21. The first-order chi connectivity index (χ1) is 10.6. The van der Waals surface area contributed by atoms with E-state index >= 15 is 0 Å². The molecule has 3 amide bonds. The van der Waals surface area contributed by atoms with Gasteiger partial charge in [0.25, 0.3) is 5.84 Å². The molecule has 0 bridgehead atoms. The van der Waals surface area contributed by atoms with Gasteiger partial charge in [-0.15, -0.1) is 0 Å². The molecule has 3 rings (SSSR count). The molecule has 1 fully saturated rings. The highest BCUT2D eigenvalue weighted by Crippen LogP contribution is 2.16. The molecule has 1 N–H and O–H groups in total. The molecule has 1 atom stereocenters. The first kappa shape index (κ1) is 14.7. The van der Waals surface area contributed by atoms with E-state index in [1.54, 1.807) is 19.0 Å². The van der Waals surface area contributed by atoms with Crippen LogP contribution in [-0.2, 0) is 11.2 Å². The summed E-state index contributed by atoms with van der Waals surface area (Å²) in [6.07, 6.45) is 0.948. The number of fused-ring (bicyclic) bond motifs is 1. The predicted octanol–water partition coefficient (Wildman–Crippen LogP) is -0.879. The molecular weight excluding hydrogens is 280 g/mol. The number of hydrogen-bond donors (Lipinski definition) is 1. The van der Waals surface area contributed by atoms with Gasteiger partial charge in [-0.1, -0.05) is 30.3 Å². The number of amidine groups is 1. The van der Waals surface area contributed by atoms with Crippen LogP contribution in [-0.4, -0.2) is 66.3 Å². The van der Waals surface area contributed by atoms with E-state index in [2.05, 4.69) is 22.0 Å². The van der Waals surface area contributed by atoms with Crippen molar-refractivity contribution in [1.82, 2.24) is 14.7 Å². The third-order valence-electron chi connectivity index (χ3n) is 4.38. The molecule has 0 aromatic heterocycles. The molecule has 2 heterocycles. The summed E-state index contributed by atoms with van der Waals surface area (Å²) in [5.74, 6) is 0.316. The number of carbonyl (C=O) groups is 2. The second-order valence-corrected chi connectivity index (χ2v) is 5.82. The number of carbonyl (C=O) groups excluding carboxylic acids is 2. The smallest absolute Gasteiger partial charge is 0.273 e. The van der Waals surface area contributed by atoms with Gasteiger partial charge in [0.2, 0.25) is 5.91 Å². The second kappa shape index (κ2) is 5.88. The van der Waals surface area contributed by atoms with E-state index in [1.807, 2.05) is 18.2 Å². The Bertz CT molecular complexity index is 614. The average Bonchev–Trinajstić information content (AvgIpc) is 2.57. The van der Waals surface area contributed by atoms with Gasteiger partial charge >= 0.3 is 6.03 Å². The zero-order valence-corrected chi connectivity index (χ0v) is 13.0. The molecule has 1 aromatic carbocycles. The van der Waals surface area contributed by atoms with E-state index in [0.29, 0.717) is 13.2 Å². The normalized spacial score (nSPS) is 22.6. The van der Waals surface area contributed by atoms with Crippen molar-refractivity contribution in [1.29, 1.82) is 0 Å². The quantitative estimate of drug-likeness (QED) is 0.789. The Morgan fingerprint density at radius 1 is 1.14 bits per heavy atom. The molecule has 0 radical (unpaired) electrons. The first-order valence-corrected chi connectivity index (χ1v) is 7.50. The largest absolute Gasteiger partial charge is 0.417 e. The summed E-state index contributed by atoms with van der Waals surface area (Å²) in [7, 11) is 3.25. The number of nitrogens with one attached hydrogen (secondary N) is 1. The molecule has 2 aliphatic heterocycles. The van der Waals surface area contributed by atoms with Crippen molar-refractivity contribution < 1.29 is 14.6 Å². The van der Waals surface area contributed by atoms with E-state index < -0.39 is 0 Å². The molecule has 2 aliphatic rings. The van der Waals surface area contributed by atoms with Crippen molar-refractivity contribution in [3.8, 4) is 0 Å². The molecule has 116 valence electrons. The number of hydrogen-bond acceptors (Lipinski definition) is 3. The van der Waals surface area contributed by atoms with Crippen LogP contribution >= 0.6 is 0 Å². The van der Waals surface area contributed by atoms with Crippen LogP contribution in [0.2, 0.25) is 0 Å². The van der Waals surface area contributed by atoms with Crippen molar-refractivity contribution in [3.05, 3.63) is 35.9 Å². The van der Waals surface area contributed by atoms with Crippen LogP contribution in [0.1, 0.15) is 5.56 Å². The number of benzene rings is 1. The summed E-state index contributed by atoms with van der Waals surface area (Å²) in [5.41, 5.74) is 1.29. The maximum atomic E-state index is 12.3. The summed E-state index contributed by atoms with van der Waals surface area (Å²) >= 11 is 0. The highest BCUT2D eigenvalue weighted by molar-refractivity contribution is 6.16. The van der Waals surface area contributed by atoms with E-state index in [1.165, 1.54) is 10.5 Å².